The third-order valence-corrected chi connectivity index (χ3v) is 2.17. The molecule has 0 rings (SSSR count). The van der Waals surface area contributed by atoms with Gasteiger partial charge >= 0.3 is 5.97 Å². The van der Waals surface area contributed by atoms with Gasteiger partial charge in [0.1, 0.15) is 0 Å². The van der Waals surface area contributed by atoms with Crippen molar-refractivity contribution in [3.8, 4) is 0 Å². The Balaban J connectivity index is 3.16. The van der Waals surface area contributed by atoms with Gasteiger partial charge in [0.2, 0.25) is 0 Å². The number of hydrogen-bond donors (Lipinski definition) is 2. The largest absolute Gasteiger partial charge is 0.481 e. The Bertz CT molecular complexity index is 271. The predicted molar refractivity (Wildman–Crippen MR) is 49.8 cm³/mol. The SMILES string of the molecule is O=C(O)CCOOCCCCS(=O)(=O)O. The van der Waals surface area contributed by atoms with Gasteiger partial charge in [-0.3, -0.25) is 9.35 Å². The lowest BCUT2D eigenvalue weighted by Gasteiger charge is -2.01. The molecule has 0 aromatic rings. The molecule has 90 valence electrons. The first kappa shape index (κ1) is 14.3. The van der Waals surface area contributed by atoms with E-state index in [1.165, 1.54) is 0 Å². The molecule has 0 atom stereocenters. The number of carbonyl (C=O) groups is 1. The van der Waals surface area contributed by atoms with E-state index in [0.29, 0.717) is 6.42 Å². The number of unbranched alkanes of at least 4 members (excludes halogenated alkanes) is 1. The average Bonchev–Trinajstić information content (AvgIpc) is 2.07. The molecule has 0 heterocycles. The maximum atomic E-state index is 10.3. The molecule has 0 aliphatic heterocycles. The Hall–Kier alpha value is -0.700. The van der Waals surface area contributed by atoms with Gasteiger partial charge in [-0.25, -0.2) is 9.78 Å². The summed E-state index contributed by atoms with van der Waals surface area (Å²) >= 11 is 0. The predicted octanol–water partition coefficient (Wildman–Crippen LogP) is 0.0773. The third-order valence-electron chi connectivity index (χ3n) is 1.36. The van der Waals surface area contributed by atoms with E-state index >= 15 is 0 Å². The number of carboxylic acids is 1. The van der Waals surface area contributed by atoms with E-state index in [1.807, 2.05) is 0 Å². The molecular weight excluding hydrogens is 228 g/mol. The summed E-state index contributed by atoms with van der Waals surface area (Å²) in [5.74, 6) is -1.30. The molecule has 0 aromatic carbocycles. The fourth-order valence-corrected chi connectivity index (χ4v) is 1.26. The van der Waals surface area contributed by atoms with Crippen LogP contribution >= 0.6 is 0 Å². The van der Waals surface area contributed by atoms with Gasteiger partial charge < -0.3 is 5.11 Å². The van der Waals surface area contributed by atoms with Gasteiger partial charge in [0.15, 0.2) is 0 Å². The summed E-state index contributed by atoms with van der Waals surface area (Å²) in [6.45, 7) is 0.114. The molecule has 0 aliphatic carbocycles. The Morgan fingerprint density at radius 2 is 1.73 bits per heavy atom. The van der Waals surface area contributed by atoms with E-state index in [2.05, 4.69) is 9.78 Å². The summed E-state index contributed by atoms with van der Waals surface area (Å²) in [5.41, 5.74) is 0. The van der Waals surface area contributed by atoms with E-state index in [1.54, 1.807) is 0 Å². The van der Waals surface area contributed by atoms with Gasteiger partial charge in [-0.1, -0.05) is 0 Å². The van der Waals surface area contributed by atoms with Crippen molar-refractivity contribution < 1.29 is 32.6 Å². The van der Waals surface area contributed by atoms with Gasteiger partial charge in [0.25, 0.3) is 10.1 Å². The van der Waals surface area contributed by atoms with Crippen LogP contribution < -0.4 is 0 Å². The van der Waals surface area contributed by atoms with Crippen molar-refractivity contribution in [1.82, 2.24) is 0 Å². The second kappa shape index (κ2) is 7.57. The molecule has 0 amide bonds. The molecule has 2 N–H and O–H groups in total. The monoisotopic (exact) mass is 242 g/mol. The summed E-state index contributed by atoms with van der Waals surface area (Å²) in [4.78, 5) is 19.1. The van der Waals surface area contributed by atoms with Crippen molar-refractivity contribution in [2.75, 3.05) is 19.0 Å². The summed E-state index contributed by atoms with van der Waals surface area (Å²) in [6.07, 6.45) is 0.527. The molecule has 0 unspecified atom stereocenters. The van der Waals surface area contributed by atoms with Crippen LogP contribution in [0.25, 0.3) is 0 Å². The summed E-state index contributed by atoms with van der Waals surface area (Å²) in [7, 11) is -3.91. The molecule has 7 nitrogen and oxygen atoms in total. The number of carboxylic acid groups (broad SMARTS) is 1. The topological polar surface area (TPSA) is 110 Å². The van der Waals surface area contributed by atoms with Crippen molar-refractivity contribution in [2.24, 2.45) is 0 Å². The van der Waals surface area contributed by atoms with Crippen LogP contribution in [0.3, 0.4) is 0 Å². The zero-order valence-corrected chi connectivity index (χ0v) is 8.90. The van der Waals surface area contributed by atoms with Crippen LogP contribution in [0.1, 0.15) is 19.3 Å². The summed E-state index contributed by atoms with van der Waals surface area (Å²) in [5, 5.41) is 8.21. The smallest absolute Gasteiger partial charge is 0.305 e. The fraction of sp³-hybridized carbons (Fsp3) is 0.857. The fourth-order valence-electron chi connectivity index (χ4n) is 0.692. The molecule has 0 aromatic heterocycles. The Morgan fingerprint density at radius 1 is 1.13 bits per heavy atom. The number of rotatable bonds is 9. The summed E-state index contributed by atoms with van der Waals surface area (Å²) < 4.78 is 28.9. The lowest BCUT2D eigenvalue weighted by molar-refractivity contribution is -0.294. The third kappa shape index (κ3) is 13.3. The second-order valence-electron chi connectivity index (χ2n) is 2.78. The summed E-state index contributed by atoms with van der Waals surface area (Å²) in [6, 6.07) is 0. The molecule has 0 bridgehead atoms. The zero-order valence-electron chi connectivity index (χ0n) is 8.09. The lowest BCUT2D eigenvalue weighted by Crippen LogP contribution is -2.07. The average molecular weight is 242 g/mol. The van der Waals surface area contributed by atoms with E-state index in [0.717, 1.165) is 0 Å². The molecule has 0 saturated carbocycles. The van der Waals surface area contributed by atoms with Gasteiger partial charge in [0.05, 0.1) is 25.4 Å². The Kier molecular flexibility index (Phi) is 7.22. The van der Waals surface area contributed by atoms with Crippen molar-refractivity contribution in [2.45, 2.75) is 19.3 Å². The van der Waals surface area contributed by atoms with E-state index in [9.17, 15) is 13.2 Å². The van der Waals surface area contributed by atoms with Gasteiger partial charge in [-0.15, -0.1) is 0 Å². The van der Waals surface area contributed by atoms with Crippen molar-refractivity contribution in [3.05, 3.63) is 0 Å². The maximum absolute atomic E-state index is 10.3. The quantitative estimate of drug-likeness (QED) is 0.255. The highest BCUT2D eigenvalue weighted by Crippen LogP contribution is 1.95. The minimum Gasteiger partial charge on any atom is -0.481 e. The van der Waals surface area contributed by atoms with Crippen molar-refractivity contribution in [1.29, 1.82) is 0 Å². The number of hydrogen-bond acceptors (Lipinski definition) is 5. The lowest BCUT2D eigenvalue weighted by atomic mass is 10.4. The van der Waals surface area contributed by atoms with Gasteiger partial charge in [-0.2, -0.15) is 8.42 Å². The highest BCUT2D eigenvalue weighted by atomic mass is 32.2. The number of aliphatic carboxylic acids is 1. The molecule has 0 radical (unpaired) electrons. The highest BCUT2D eigenvalue weighted by Gasteiger charge is 2.03. The van der Waals surface area contributed by atoms with E-state index < -0.39 is 16.1 Å². The van der Waals surface area contributed by atoms with E-state index in [4.69, 9.17) is 9.66 Å². The minimum atomic E-state index is -3.91. The molecule has 0 fully saturated rings. The second-order valence-corrected chi connectivity index (χ2v) is 4.35. The van der Waals surface area contributed by atoms with Crippen molar-refractivity contribution in [3.63, 3.8) is 0 Å². The molecule has 8 heteroatoms. The van der Waals surface area contributed by atoms with Crippen LogP contribution in [0.4, 0.5) is 0 Å². The molecule has 0 saturated heterocycles. The Labute approximate surface area is 87.7 Å². The van der Waals surface area contributed by atoms with Crippen LogP contribution in [-0.2, 0) is 24.7 Å². The van der Waals surface area contributed by atoms with Gasteiger partial charge in [0, 0.05) is 0 Å². The molecule has 15 heavy (non-hydrogen) atoms. The molecule has 0 aliphatic rings. The van der Waals surface area contributed by atoms with Crippen molar-refractivity contribution >= 4 is 16.1 Å². The van der Waals surface area contributed by atoms with E-state index in [-0.39, 0.29) is 31.8 Å². The van der Waals surface area contributed by atoms with Crippen LogP contribution in [-0.4, -0.2) is 43.0 Å². The van der Waals surface area contributed by atoms with Gasteiger partial charge in [-0.05, 0) is 12.8 Å². The first-order valence-electron chi connectivity index (χ1n) is 4.33. The molecule has 0 spiro atoms. The highest BCUT2D eigenvalue weighted by molar-refractivity contribution is 7.85. The minimum absolute atomic E-state index is 0.0480. The van der Waals surface area contributed by atoms with Crippen LogP contribution in [0.2, 0.25) is 0 Å². The molecular formula is C7H14O7S. The normalized spacial score (nSPS) is 11.5. The maximum Gasteiger partial charge on any atom is 0.305 e. The zero-order chi connectivity index (χ0) is 11.7. The van der Waals surface area contributed by atoms with Crippen LogP contribution in [0.15, 0.2) is 0 Å². The first-order valence-corrected chi connectivity index (χ1v) is 5.94. The first-order chi connectivity index (χ1) is 6.92. The Morgan fingerprint density at radius 3 is 2.27 bits per heavy atom. The van der Waals surface area contributed by atoms with Crippen LogP contribution in [0.5, 0.6) is 0 Å². The van der Waals surface area contributed by atoms with Crippen LogP contribution in [0, 0.1) is 0 Å². The standard InChI is InChI=1S/C7H14O7S/c8-7(9)3-5-14-13-4-1-2-6-15(10,11)12/h1-6H2,(H,8,9)(H,10,11,12).